The fourth-order valence-corrected chi connectivity index (χ4v) is 4.26. The fourth-order valence-electron chi connectivity index (χ4n) is 1.37. The minimum absolute atomic E-state index is 0.293. The van der Waals surface area contributed by atoms with Crippen LogP contribution in [0.3, 0.4) is 0 Å². The van der Waals surface area contributed by atoms with Crippen LogP contribution in [0.25, 0.3) is 0 Å². The molecule has 0 rings (SSSR count). The molecule has 0 aromatic rings. The molecular weight excluding hydrogens is 280 g/mol. The second-order valence-electron chi connectivity index (χ2n) is 5.86. The summed E-state index contributed by atoms with van der Waals surface area (Å²) < 4.78 is 6.19. The molecule has 0 aromatic heterocycles. The van der Waals surface area contributed by atoms with Crippen LogP contribution < -0.4 is 0 Å². The molecule has 0 aromatic carbocycles. The number of alkyl halides is 1. The summed E-state index contributed by atoms with van der Waals surface area (Å²) in [6.45, 7) is 18.6. The second kappa shape index (κ2) is 6.36. The van der Waals surface area contributed by atoms with Gasteiger partial charge in [0.05, 0.1) is 6.61 Å². The molecular formula is C13H27BrOSi. The molecule has 0 fully saturated rings. The zero-order chi connectivity index (χ0) is 13.0. The third-order valence-electron chi connectivity index (χ3n) is 4.08. The maximum absolute atomic E-state index is 6.19. The van der Waals surface area contributed by atoms with Crippen molar-refractivity contribution in [3.63, 3.8) is 0 Å². The highest BCUT2D eigenvalue weighted by Crippen LogP contribution is 2.44. The summed E-state index contributed by atoms with van der Waals surface area (Å²) in [7, 11) is -1.66. The molecule has 0 aliphatic carbocycles. The molecule has 16 heavy (non-hydrogen) atoms. The summed E-state index contributed by atoms with van der Waals surface area (Å²) in [4.78, 5) is 0. The Hall–Kier alpha value is 0.397. The lowest BCUT2D eigenvalue weighted by Crippen LogP contribution is -2.45. The smallest absolute Gasteiger partial charge is 0.193 e. The highest BCUT2D eigenvalue weighted by atomic mass is 79.9. The van der Waals surface area contributed by atoms with E-state index in [2.05, 4.69) is 63.3 Å². The van der Waals surface area contributed by atoms with Crippen LogP contribution in [0.5, 0.6) is 0 Å². The number of hydrogen-bond donors (Lipinski definition) is 0. The van der Waals surface area contributed by atoms with Gasteiger partial charge in [-0.3, -0.25) is 0 Å². The van der Waals surface area contributed by atoms with Crippen LogP contribution in [0, 0.1) is 5.92 Å². The molecule has 0 atom stereocenters. The highest BCUT2D eigenvalue weighted by molar-refractivity contribution is 9.09. The lowest BCUT2D eigenvalue weighted by molar-refractivity contribution is 0.289. The van der Waals surface area contributed by atoms with Crippen LogP contribution in [0.2, 0.25) is 18.1 Å². The van der Waals surface area contributed by atoms with E-state index < -0.39 is 8.32 Å². The van der Waals surface area contributed by atoms with Crippen LogP contribution in [0.15, 0.2) is 12.2 Å². The van der Waals surface area contributed by atoms with Gasteiger partial charge in [-0.25, -0.2) is 0 Å². The SMILES string of the molecule is C=C(CCBr)CO[Si](C)(C)C(C)(C)C(C)C. The zero-order valence-electron chi connectivity index (χ0n) is 11.7. The van der Waals surface area contributed by atoms with E-state index in [9.17, 15) is 0 Å². The van der Waals surface area contributed by atoms with Gasteiger partial charge in [0.1, 0.15) is 0 Å². The van der Waals surface area contributed by atoms with Gasteiger partial charge in [-0.15, -0.1) is 0 Å². The third kappa shape index (κ3) is 4.34. The molecule has 0 unspecified atom stereocenters. The van der Waals surface area contributed by atoms with Crippen molar-refractivity contribution in [2.45, 2.75) is 52.2 Å². The van der Waals surface area contributed by atoms with Crippen molar-refractivity contribution in [1.29, 1.82) is 0 Å². The van der Waals surface area contributed by atoms with Gasteiger partial charge in [0.15, 0.2) is 8.32 Å². The van der Waals surface area contributed by atoms with Crippen LogP contribution in [-0.4, -0.2) is 20.3 Å². The minimum Gasteiger partial charge on any atom is -0.413 e. The van der Waals surface area contributed by atoms with Crippen molar-refractivity contribution < 1.29 is 4.43 Å². The van der Waals surface area contributed by atoms with Gasteiger partial charge in [-0.2, -0.15) is 0 Å². The van der Waals surface area contributed by atoms with Crippen LogP contribution in [0.4, 0.5) is 0 Å². The Bertz CT molecular complexity index is 234. The number of hydrogen-bond acceptors (Lipinski definition) is 1. The van der Waals surface area contributed by atoms with Gasteiger partial charge in [-0.05, 0) is 30.5 Å². The molecule has 0 heterocycles. The Morgan fingerprint density at radius 2 is 1.88 bits per heavy atom. The van der Waals surface area contributed by atoms with Gasteiger partial charge in [0.25, 0.3) is 0 Å². The van der Waals surface area contributed by atoms with Gasteiger partial charge >= 0.3 is 0 Å². The Morgan fingerprint density at radius 3 is 2.25 bits per heavy atom. The average Bonchev–Trinajstić information content (AvgIpc) is 2.15. The summed E-state index contributed by atoms with van der Waals surface area (Å²) >= 11 is 3.43. The van der Waals surface area contributed by atoms with E-state index in [-0.39, 0.29) is 0 Å². The molecule has 0 radical (unpaired) electrons. The number of halogens is 1. The molecule has 0 saturated heterocycles. The fraction of sp³-hybridized carbons (Fsp3) is 0.846. The monoisotopic (exact) mass is 306 g/mol. The van der Waals surface area contributed by atoms with Crippen molar-refractivity contribution in [3.05, 3.63) is 12.2 Å². The largest absolute Gasteiger partial charge is 0.413 e. The second-order valence-corrected chi connectivity index (χ2v) is 11.3. The first-order valence-corrected chi connectivity index (χ1v) is 10.0. The number of rotatable bonds is 7. The molecule has 96 valence electrons. The maximum Gasteiger partial charge on any atom is 0.193 e. The molecule has 0 N–H and O–H groups in total. The topological polar surface area (TPSA) is 9.23 Å². The average molecular weight is 307 g/mol. The predicted molar refractivity (Wildman–Crippen MR) is 79.9 cm³/mol. The first-order valence-electron chi connectivity index (χ1n) is 6.01. The summed E-state index contributed by atoms with van der Waals surface area (Å²) in [5.41, 5.74) is 1.19. The van der Waals surface area contributed by atoms with E-state index in [1.807, 2.05) is 0 Å². The van der Waals surface area contributed by atoms with Crippen molar-refractivity contribution in [3.8, 4) is 0 Å². The van der Waals surface area contributed by atoms with Gasteiger partial charge in [0, 0.05) is 5.33 Å². The first kappa shape index (κ1) is 16.4. The Morgan fingerprint density at radius 1 is 1.38 bits per heavy atom. The van der Waals surface area contributed by atoms with E-state index in [4.69, 9.17) is 4.43 Å². The van der Waals surface area contributed by atoms with Crippen LogP contribution in [0.1, 0.15) is 34.1 Å². The van der Waals surface area contributed by atoms with E-state index in [0.29, 0.717) is 11.0 Å². The molecule has 0 aliphatic heterocycles. The van der Waals surface area contributed by atoms with Crippen molar-refractivity contribution in [2.24, 2.45) is 5.92 Å². The molecule has 0 spiro atoms. The standard InChI is InChI=1S/C13H27BrOSi/c1-11(2)13(4,5)16(6,7)15-10-12(3)8-9-14/h11H,3,8-10H2,1-2,4-7H3. The third-order valence-corrected chi connectivity index (χ3v) is 9.02. The van der Waals surface area contributed by atoms with E-state index in [1.54, 1.807) is 0 Å². The maximum atomic E-state index is 6.19. The Balaban J connectivity index is 4.40. The van der Waals surface area contributed by atoms with Crippen molar-refractivity contribution >= 4 is 24.2 Å². The van der Waals surface area contributed by atoms with Gasteiger partial charge < -0.3 is 4.43 Å². The van der Waals surface area contributed by atoms with Gasteiger partial charge in [0.2, 0.25) is 0 Å². The minimum atomic E-state index is -1.66. The van der Waals surface area contributed by atoms with E-state index >= 15 is 0 Å². The van der Waals surface area contributed by atoms with E-state index in [1.165, 1.54) is 5.57 Å². The van der Waals surface area contributed by atoms with Crippen molar-refractivity contribution in [2.75, 3.05) is 11.9 Å². The Labute approximate surface area is 111 Å². The molecule has 0 aliphatic rings. The summed E-state index contributed by atoms with van der Waals surface area (Å²) in [5, 5.41) is 1.27. The summed E-state index contributed by atoms with van der Waals surface area (Å²) in [6.07, 6.45) is 1.01. The van der Waals surface area contributed by atoms with Crippen LogP contribution in [-0.2, 0) is 4.43 Å². The zero-order valence-corrected chi connectivity index (χ0v) is 14.3. The van der Waals surface area contributed by atoms with Crippen LogP contribution >= 0.6 is 15.9 Å². The molecule has 0 bridgehead atoms. The molecule has 0 saturated carbocycles. The van der Waals surface area contributed by atoms with Gasteiger partial charge in [-0.1, -0.05) is 55.8 Å². The molecule has 3 heteroatoms. The van der Waals surface area contributed by atoms with Crippen molar-refractivity contribution in [1.82, 2.24) is 0 Å². The quantitative estimate of drug-likeness (QED) is 0.366. The molecule has 1 nitrogen and oxygen atoms in total. The van der Waals surface area contributed by atoms with E-state index in [0.717, 1.165) is 18.4 Å². The summed E-state index contributed by atoms with van der Waals surface area (Å²) in [6, 6.07) is 0. The molecule has 0 amide bonds. The lowest BCUT2D eigenvalue weighted by Gasteiger charge is -2.42. The Kier molecular flexibility index (Phi) is 6.52. The first-order chi connectivity index (χ1) is 7.15. The normalized spacial score (nSPS) is 13.2. The highest BCUT2D eigenvalue weighted by Gasteiger charge is 2.43. The summed E-state index contributed by atoms with van der Waals surface area (Å²) in [5.74, 6) is 0.651. The lowest BCUT2D eigenvalue weighted by atomic mass is 9.99. The predicted octanol–water partition coefficient (Wildman–Crippen LogP) is 4.99.